The number of carboxylic acids is 1. The quantitative estimate of drug-likeness (QED) is 0.300. The molecular formula is C7H16N2O6S. The van der Waals surface area contributed by atoms with Crippen molar-refractivity contribution in [1.82, 2.24) is 0 Å². The number of carbonyl (C=O) groups is 1. The Bertz CT molecular complexity index is 360. The first-order chi connectivity index (χ1) is 6.83. The molecule has 0 aliphatic rings. The van der Waals surface area contributed by atoms with Crippen molar-refractivity contribution in [1.29, 1.82) is 0 Å². The second-order valence-corrected chi connectivity index (χ2v) is 5.60. The number of likely N-dealkylation sites (N-methyl/N-ethyl adjacent to an activating group) is 1. The number of nitrogens with two attached hydrogens (primary N) is 1. The molecule has 0 bridgehead atoms. The first kappa shape index (κ1) is 15.3. The first-order valence-electron chi connectivity index (χ1n) is 4.30. The molecule has 0 aliphatic carbocycles. The fourth-order valence-electron chi connectivity index (χ4n) is 1.37. The monoisotopic (exact) mass is 256 g/mol. The third kappa shape index (κ3) is 7.54. The summed E-state index contributed by atoms with van der Waals surface area (Å²) in [4.78, 5) is 10.4. The molecule has 0 fully saturated rings. The molecule has 0 unspecified atom stereocenters. The van der Waals surface area contributed by atoms with Crippen LogP contribution in [0.1, 0.15) is 6.42 Å². The summed E-state index contributed by atoms with van der Waals surface area (Å²) in [6.07, 6.45) is -0.845. The molecule has 0 aromatic heterocycles. The lowest BCUT2D eigenvalue weighted by Gasteiger charge is -2.35. The highest BCUT2D eigenvalue weighted by atomic mass is 32.3. The van der Waals surface area contributed by atoms with Crippen LogP contribution in [0, 0.1) is 0 Å². The lowest BCUT2D eigenvalue weighted by molar-refractivity contribution is -0.876. The molecule has 0 heterocycles. The maximum absolute atomic E-state index is 10.5. The van der Waals surface area contributed by atoms with E-state index in [1.807, 2.05) is 0 Å². The fourth-order valence-corrected chi connectivity index (χ4v) is 1.90. The average Bonchev–Trinajstić information content (AvgIpc) is 1.69. The molecule has 8 nitrogen and oxygen atoms in total. The van der Waals surface area contributed by atoms with Crippen molar-refractivity contribution in [3.63, 3.8) is 0 Å². The largest absolute Gasteiger partial charge is 0.550 e. The van der Waals surface area contributed by atoms with Crippen LogP contribution < -0.4 is 10.8 Å². The highest BCUT2D eigenvalue weighted by Crippen LogP contribution is 2.15. The van der Waals surface area contributed by atoms with Crippen LogP contribution in [0.2, 0.25) is 0 Å². The highest BCUT2D eigenvalue weighted by Gasteiger charge is 2.37. The van der Waals surface area contributed by atoms with E-state index in [9.17, 15) is 18.3 Å². The Hall–Kier alpha value is -0.740. The van der Waals surface area contributed by atoms with Gasteiger partial charge < -0.3 is 14.4 Å². The minimum atomic E-state index is -4.83. The fraction of sp³-hybridized carbons (Fsp3) is 0.857. The summed E-state index contributed by atoms with van der Waals surface area (Å²) in [7, 11) is 0.145. The van der Waals surface area contributed by atoms with Gasteiger partial charge >= 0.3 is 10.4 Å². The molecule has 96 valence electrons. The predicted octanol–water partition coefficient (Wildman–Crippen LogP) is -2.69. The van der Waals surface area contributed by atoms with Gasteiger partial charge in [-0.2, -0.15) is 8.42 Å². The van der Waals surface area contributed by atoms with Crippen molar-refractivity contribution in [3.8, 4) is 0 Å². The Balaban J connectivity index is 4.96. The molecule has 0 radical (unpaired) electrons. The lowest BCUT2D eigenvalue weighted by Crippen LogP contribution is -2.59. The summed E-state index contributed by atoms with van der Waals surface area (Å²) in [5.74, 6) is -1.57. The molecule has 0 spiro atoms. The molecule has 0 aliphatic heterocycles. The average molecular weight is 256 g/mol. The van der Waals surface area contributed by atoms with E-state index >= 15 is 0 Å². The van der Waals surface area contributed by atoms with Gasteiger partial charge in [-0.1, -0.05) is 0 Å². The topological polar surface area (TPSA) is 130 Å². The van der Waals surface area contributed by atoms with Crippen LogP contribution >= 0.6 is 0 Å². The van der Waals surface area contributed by atoms with Crippen LogP contribution in [0.15, 0.2) is 0 Å². The zero-order valence-corrected chi connectivity index (χ0v) is 10.2. The Morgan fingerprint density at radius 3 is 2.19 bits per heavy atom. The molecule has 0 amide bonds. The molecule has 9 heteroatoms. The van der Waals surface area contributed by atoms with Gasteiger partial charge in [0.05, 0.1) is 21.1 Å². The van der Waals surface area contributed by atoms with Gasteiger partial charge in [0.1, 0.15) is 6.54 Å². The molecule has 0 saturated carbocycles. The van der Waals surface area contributed by atoms with Crippen molar-refractivity contribution in [3.05, 3.63) is 0 Å². The maximum Gasteiger partial charge on any atom is 0.399 e. The zero-order chi connectivity index (χ0) is 13.2. The van der Waals surface area contributed by atoms with Crippen LogP contribution in [-0.2, 0) is 19.4 Å². The third-order valence-electron chi connectivity index (χ3n) is 1.46. The molecule has 1 atom stereocenters. The van der Waals surface area contributed by atoms with Gasteiger partial charge in [-0.05, 0) is 0 Å². The van der Waals surface area contributed by atoms with Gasteiger partial charge in [0, 0.05) is 12.4 Å². The number of carboxylic acid groups (broad SMARTS) is 1. The van der Waals surface area contributed by atoms with Gasteiger partial charge in [-0.15, -0.1) is 0 Å². The number of hydrogen-bond donors (Lipinski definition) is 2. The van der Waals surface area contributed by atoms with E-state index in [4.69, 9.17) is 10.3 Å². The number of rotatable bonds is 6. The van der Waals surface area contributed by atoms with Crippen LogP contribution in [0.5, 0.6) is 0 Å². The van der Waals surface area contributed by atoms with E-state index in [-0.39, 0.29) is 11.0 Å². The lowest BCUT2D eigenvalue weighted by atomic mass is 10.1. The molecule has 3 N–H and O–H groups in total. The van der Waals surface area contributed by atoms with Crippen molar-refractivity contribution in [2.75, 3.05) is 27.7 Å². The normalized spacial score (nSPS) is 16.8. The number of hydrogen-bond acceptors (Lipinski definition) is 6. The predicted molar refractivity (Wildman–Crippen MR) is 52.1 cm³/mol. The van der Waals surface area contributed by atoms with Crippen molar-refractivity contribution >= 4 is 16.4 Å². The van der Waals surface area contributed by atoms with Crippen LogP contribution in [0.3, 0.4) is 0 Å². The highest BCUT2D eigenvalue weighted by molar-refractivity contribution is 7.80. The van der Waals surface area contributed by atoms with Gasteiger partial charge in [0.2, 0.25) is 0 Å². The van der Waals surface area contributed by atoms with Crippen molar-refractivity contribution < 1.29 is 31.5 Å². The van der Waals surface area contributed by atoms with E-state index in [1.165, 1.54) is 0 Å². The Labute approximate surface area is 94.1 Å². The standard InChI is InChI=1S/C7H16N2O6S/c1-9(2,3)5-7(8,4-6(10)11)15-16(12,13)14/h4-5,8H2,1-3H3,(H-,10,11,12,13,14)/t7-/m0/s1. The van der Waals surface area contributed by atoms with E-state index in [1.54, 1.807) is 21.1 Å². The van der Waals surface area contributed by atoms with Gasteiger partial charge in [0.25, 0.3) is 0 Å². The minimum Gasteiger partial charge on any atom is -0.550 e. The summed E-state index contributed by atoms with van der Waals surface area (Å²) in [5.41, 5.74) is 3.44. The van der Waals surface area contributed by atoms with E-state index in [0.29, 0.717) is 0 Å². The maximum atomic E-state index is 10.5. The SMILES string of the molecule is C[N+](C)(C)C[C@](N)(CC(=O)[O-])OS(=O)(=O)O. The third-order valence-corrected chi connectivity index (χ3v) is 2.00. The molecule has 0 aromatic rings. The Morgan fingerprint density at radius 1 is 1.50 bits per heavy atom. The molecule has 0 saturated heterocycles. The first-order valence-corrected chi connectivity index (χ1v) is 5.67. The second kappa shape index (κ2) is 4.63. The molecule has 0 rings (SSSR count). The summed E-state index contributed by atoms with van der Waals surface area (Å²) < 4.78 is 33.9. The van der Waals surface area contributed by atoms with E-state index in [0.717, 1.165) is 0 Å². The van der Waals surface area contributed by atoms with E-state index in [2.05, 4.69) is 4.18 Å². The molecule has 16 heavy (non-hydrogen) atoms. The Morgan fingerprint density at radius 2 is 1.94 bits per heavy atom. The minimum absolute atomic E-state index is 0.138. The van der Waals surface area contributed by atoms with Crippen molar-refractivity contribution in [2.24, 2.45) is 5.73 Å². The van der Waals surface area contributed by atoms with Crippen LogP contribution in [-0.4, -0.2) is 56.8 Å². The Kier molecular flexibility index (Phi) is 4.42. The number of aliphatic carboxylic acids is 1. The number of quaternary nitrogens is 1. The number of nitrogens with zero attached hydrogens (tertiary/aromatic N) is 1. The summed E-state index contributed by atoms with van der Waals surface area (Å²) in [5, 5.41) is 10.4. The van der Waals surface area contributed by atoms with E-state index < -0.39 is 28.5 Å². The summed E-state index contributed by atoms with van der Waals surface area (Å²) >= 11 is 0. The number of carbonyl (C=O) groups excluding carboxylic acids is 1. The van der Waals surface area contributed by atoms with Gasteiger partial charge in [0.15, 0.2) is 5.72 Å². The molecular weight excluding hydrogens is 240 g/mol. The van der Waals surface area contributed by atoms with Crippen molar-refractivity contribution in [2.45, 2.75) is 12.1 Å². The second-order valence-electron chi connectivity index (χ2n) is 4.57. The van der Waals surface area contributed by atoms with Crippen LogP contribution in [0.25, 0.3) is 0 Å². The summed E-state index contributed by atoms with van der Waals surface area (Å²) in [6.45, 7) is -0.138. The zero-order valence-electron chi connectivity index (χ0n) is 9.34. The smallest absolute Gasteiger partial charge is 0.399 e. The summed E-state index contributed by atoms with van der Waals surface area (Å²) in [6, 6.07) is 0. The van der Waals surface area contributed by atoms with Crippen LogP contribution in [0.4, 0.5) is 0 Å². The van der Waals surface area contributed by atoms with Gasteiger partial charge in [-0.25, -0.2) is 4.18 Å². The molecule has 0 aromatic carbocycles. The van der Waals surface area contributed by atoms with Gasteiger partial charge in [-0.3, -0.25) is 10.3 Å².